The fraction of sp³-hybridized carbons (Fsp3) is 0.394. The molecule has 1 N–H and O–H groups in total. The number of amides is 2. The lowest BCUT2D eigenvalue weighted by Crippen LogP contribution is -2.53. The topological polar surface area (TPSA) is 86.8 Å². The lowest BCUT2D eigenvalue weighted by atomic mass is 10.1. The van der Waals surface area contributed by atoms with E-state index in [-0.39, 0.29) is 23.4 Å². The summed E-state index contributed by atoms with van der Waals surface area (Å²) in [5.41, 5.74) is 3.77. The molecule has 4 rings (SSSR count). The van der Waals surface area contributed by atoms with Crippen LogP contribution in [0.5, 0.6) is 0 Å². The Kier molecular flexibility index (Phi) is 10.3. The number of carbonyl (C=O) groups excluding carboxylic acids is 2. The quantitative estimate of drug-likeness (QED) is 0.275. The molecular weight excluding hydrogens is 570 g/mol. The summed E-state index contributed by atoms with van der Waals surface area (Å²) in [5.74, 6) is -0.668. The SMILES string of the molecule is CC[C@@H](C(=O)NC1CCCC1)N(Cc1ccccc1C)C(=O)CN(c1ccc(Cl)cc1C)S(=O)(=O)c1ccc(C)cc1. The molecule has 224 valence electrons. The van der Waals surface area contributed by atoms with Crippen LogP contribution in [0.2, 0.25) is 5.02 Å². The maximum atomic E-state index is 14.3. The molecule has 0 radical (unpaired) electrons. The van der Waals surface area contributed by atoms with Crippen molar-refractivity contribution in [2.24, 2.45) is 0 Å². The summed E-state index contributed by atoms with van der Waals surface area (Å²) in [7, 11) is -4.14. The average molecular weight is 610 g/mol. The van der Waals surface area contributed by atoms with E-state index in [4.69, 9.17) is 11.6 Å². The Morgan fingerprint density at radius 3 is 2.24 bits per heavy atom. The molecule has 0 aromatic heterocycles. The van der Waals surface area contributed by atoms with E-state index < -0.39 is 28.5 Å². The number of sulfonamides is 1. The molecule has 0 saturated heterocycles. The van der Waals surface area contributed by atoms with Gasteiger partial charge in [-0.25, -0.2) is 8.42 Å². The smallest absolute Gasteiger partial charge is 0.264 e. The summed E-state index contributed by atoms with van der Waals surface area (Å²) < 4.78 is 29.3. The second-order valence-electron chi connectivity index (χ2n) is 11.1. The predicted molar refractivity (Wildman–Crippen MR) is 168 cm³/mol. The van der Waals surface area contributed by atoms with Crippen molar-refractivity contribution in [2.45, 2.75) is 83.3 Å². The van der Waals surface area contributed by atoms with Crippen LogP contribution < -0.4 is 9.62 Å². The van der Waals surface area contributed by atoms with Crippen molar-refractivity contribution in [2.75, 3.05) is 10.8 Å². The van der Waals surface area contributed by atoms with E-state index in [0.29, 0.717) is 22.7 Å². The van der Waals surface area contributed by atoms with Gasteiger partial charge in [0.25, 0.3) is 10.0 Å². The van der Waals surface area contributed by atoms with Gasteiger partial charge in [-0.15, -0.1) is 0 Å². The van der Waals surface area contributed by atoms with Crippen LogP contribution in [0, 0.1) is 20.8 Å². The van der Waals surface area contributed by atoms with Crippen molar-refractivity contribution >= 4 is 39.1 Å². The molecule has 42 heavy (non-hydrogen) atoms. The molecule has 7 nitrogen and oxygen atoms in total. The highest BCUT2D eigenvalue weighted by Crippen LogP contribution is 2.30. The van der Waals surface area contributed by atoms with Crippen molar-refractivity contribution in [1.29, 1.82) is 0 Å². The molecule has 2 amide bonds. The number of aryl methyl sites for hydroxylation is 3. The third-order valence-electron chi connectivity index (χ3n) is 8.00. The van der Waals surface area contributed by atoms with Crippen LogP contribution in [0.3, 0.4) is 0 Å². The summed E-state index contributed by atoms with van der Waals surface area (Å²) in [5, 5.41) is 3.61. The summed E-state index contributed by atoms with van der Waals surface area (Å²) in [4.78, 5) is 29.5. The third-order valence-corrected chi connectivity index (χ3v) is 10.0. The standard InChI is InChI=1S/C33H40ClN3O4S/c1-5-30(33(39)35-28-12-8-9-13-28)36(21-26-11-7-6-10-24(26)3)32(38)22-37(31-19-16-27(34)20-25(31)4)42(40,41)29-17-14-23(2)15-18-29/h6-7,10-11,14-20,28,30H,5,8-9,12-13,21-22H2,1-4H3,(H,35,39)/t30-/m0/s1. The van der Waals surface area contributed by atoms with Gasteiger partial charge in [-0.2, -0.15) is 0 Å². The Labute approximate surface area is 254 Å². The number of carbonyl (C=O) groups is 2. The first-order chi connectivity index (χ1) is 20.0. The van der Waals surface area contributed by atoms with E-state index in [1.807, 2.05) is 45.0 Å². The van der Waals surface area contributed by atoms with Gasteiger partial charge in [0.05, 0.1) is 10.6 Å². The number of rotatable bonds is 11. The molecule has 3 aromatic carbocycles. The molecule has 1 aliphatic carbocycles. The molecular formula is C33H40ClN3O4S. The Morgan fingerprint density at radius 2 is 1.62 bits per heavy atom. The highest BCUT2D eigenvalue weighted by molar-refractivity contribution is 7.92. The third kappa shape index (κ3) is 7.34. The zero-order valence-corrected chi connectivity index (χ0v) is 26.3. The Balaban J connectivity index is 1.75. The first-order valence-corrected chi connectivity index (χ1v) is 16.3. The number of hydrogen-bond donors (Lipinski definition) is 1. The first kappa shape index (κ1) is 31.6. The molecule has 1 atom stereocenters. The number of nitrogens with one attached hydrogen (secondary N) is 1. The van der Waals surface area contributed by atoms with E-state index >= 15 is 0 Å². The van der Waals surface area contributed by atoms with Crippen LogP contribution in [0.25, 0.3) is 0 Å². The Morgan fingerprint density at radius 1 is 0.952 bits per heavy atom. The molecule has 0 spiro atoms. The van der Waals surface area contributed by atoms with Gasteiger partial charge in [-0.1, -0.05) is 73.3 Å². The summed E-state index contributed by atoms with van der Waals surface area (Å²) in [6.07, 6.45) is 4.37. The molecule has 1 aliphatic rings. The number of hydrogen-bond acceptors (Lipinski definition) is 4. The van der Waals surface area contributed by atoms with Crippen LogP contribution >= 0.6 is 11.6 Å². The lowest BCUT2D eigenvalue weighted by Gasteiger charge is -2.34. The van der Waals surface area contributed by atoms with Crippen molar-refractivity contribution in [3.63, 3.8) is 0 Å². The fourth-order valence-corrected chi connectivity index (χ4v) is 7.21. The van der Waals surface area contributed by atoms with Gasteiger partial charge in [-0.3, -0.25) is 13.9 Å². The predicted octanol–water partition coefficient (Wildman–Crippen LogP) is 6.33. The maximum Gasteiger partial charge on any atom is 0.264 e. The second-order valence-corrected chi connectivity index (χ2v) is 13.4. The van der Waals surface area contributed by atoms with E-state index in [9.17, 15) is 18.0 Å². The molecule has 0 aliphatic heterocycles. The van der Waals surface area contributed by atoms with Crippen LogP contribution in [0.15, 0.2) is 71.6 Å². The second kappa shape index (κ2) is 13.7. The number of nitrogens with zero attached hydrogens (tertiary/aromatic N) is 2. The van der Waals surface area contributed by atoms with Gasteiger partial charge in [0.1, 0.15) is 12.6 Å². The number of halogens is 1. The van der Waals surface area contributed by atoms with E-state index in [2.05, 4.69) is 5.32 Å². The zero-order chi connectivity index (χ0) is 30.4. The summed E-state index contributed by atoms with van der Waals surface area (Å²) >= 11 is 6.21. The van der Waals surface area contributed by atoms with Crippen LogP contribution in [-0.2, 0) is 26.2 Å². The molecule has 3 aromatic rings. The van der Waals surface area contributed by atoms with Crippen LogP contribution in [-0.4, -0.2) is 43.8 Å². The average Bonchev–Trinajstić information content (AvgIpc) is 3.46. The lowest BCUT2D eigenvalue weighted by molar-refractivity contribution is -0.140. The van der Waals surface area contributed by atoms with Crippen molar-refractivity contribution in [3.8, 4) is 0 Å². The molecule has 1 saturated carbocycles. The Bertz CT molecular complexity index is 1520. The van der Waals surface area contributed by atoms with E-state index in [1.165, 1.54) is 4.90 Å². The first-order valence-electron chi connectivity index (χ1n) is 14.5. The van der Waals surface area contributed by atoms with Crippen molar-refractivity contribution in [1.82, 2.24) is 10.2 Å². The molecule has 1 fully saturated rings. The van der Waals surface area contributed by atoms with Gasteiger partial charge >= 0.3 is 0 Å². The zero-order valence-electron chi connectivity index (χ0n) is 24.8. The van der Waals surface area contributed by atoms with Gasteiger partial charge in [0.2, 0.25) is 11.8 Å². The summed E-state index contributed by atoms with van der Waals surface area (Å²) in [6.45, 7) is 7.19. The van der Waals surface area contributed by atoms with Gasteiger partial charge in [-0.05, 0) is 87.1 Å². The van der Waals surface area contributed by atoms with Gasteiger partial charge < -0.3 is 10.2 Å². The van der Waals surface area contributed by atoms with Crippen molar-refractivity contribution < 1.29 is 18.0 Å². The van der Waals surface area contributed by atoms with Crippen LogP contribution in [0.4, 0.5) is 5.69 Å². The van der Waals surface area contributed by atoms with Crippen LogP contribution in [0.1, 0.15) is 61.3 Å². The van der Waals surface area contributed by atoms with E-state index in [1.54, 1.807) is 49.4 Å². The molecule has 0 unspecified atom stereocenters. The molecule has 0 heterocycles. The Hall–Kier alpha value is -3.36. The minimum absolute atomic E-state index is 0.0757. The maximum absolute atomic E-state index is 14.3. The largest absolute Gasteiger partial charge is 0.352 e. The number of benzene rings is 3. The van der Waals surface area contributed by atoms with Gasteiger partial charge in [0, 0.05) is 17.6 Å². The number of anilines is 1. The molecule has 9 heteroatoms. The molecule has 0 bridgehead atoms. The van der Waals surface area contributed by atoms with E-state index in [0.717, 1.165) is 46.7 Å². The fourth-order valence-electron chi connectivity index (χ4n) is 5.51. The normalized spacial score (nSPS) is 14.4. The highest BCUT2D eigenvalue weighted by atomic mass is 35.5. The van der Waals surface area contributed by atoms with Gasteiger partial charge in [0.15, 0.2) is 0 Å². The minimum atomic E-state index is -4.14. The minimum Gasteiger partial charge on any atom is -0.352 e. The summed E-state index contributed by atoms with van der Waals surface area (Å²) in [6, 6.07) is 18.5. The highest BCUT2D eigenvalue weighted by Gasteiger charge is 2.35. The monoisotopic (exact) mass is 609 g/mol. The van der Waals surface area contributed by atoms with Crippen molar-refractivity contribution in [3.05, 3.63) is 94.0 Å².